The predicted molar refractivity (Wildman–Crippen MR) is 85.1 cm³/mol. The molecule has 1 aromatic carbocycles. The maximum atomic E-state index is 12.7. The first-order valence-electron chi connectivity index (χ1n) is 7.09. The summed E-state index contributed by atoms with van der Waals surface area (Å²) in [5.74, 6) is -0.146. The number of amides is 1. The summed E-state index contributed by atoms with van der Waals surface area (Å²) in [6.45, 7) is 6.11. The van der Waals surface area contributed by atoms with Crippen LogP contribution in [-0.4, -0.2) is 23.3 Å². The minimum Gasteiger partial charge on any atom is -0.375 e. The van der Waals surface area contributed by atoms with E-state index in [0.29, 0.717) is 23.7 Å². The molecule has 114 valence electrons. The second-order valence-electron chi connectivity index (χ2n) is 6.04. The zero-order valence-electron chi connectivity index (χ0n) is 12.5. The molecule has 0 saturated carbocycles. The molecule has 1 N–H and O–H groups in total. The van der Waals surface area contributed by atoms with Crippen LogP contribution in [0.1, 0.15) is 39.2 Å². The standard InChI is InChI=1S/C16H20BrNO3/c1-10(2)6-7-18-14-5-4-12(17)8-13(14)16(21,15(18)20)9-11(3)19/h4-5,8,10,21H,6-7,9H2,1-3H3. The molecule has 5 heteroatoms. The van der Waals surface area contributed by atoms with Crippen LogP contribution >= 0.6 is 15.9 Å². The van der Waals surface area contributed by atoms with Crippen molar-refractivity contribution >= 4 is 33.3 Å². The van der Waals surface area contributed by atoms with Gasteiger partial charge in [-0.2, -0.15) is 0 Å². The van der Waals surface area contributed by atoms with Gasteiger partial charge in [0.1, 0.15) is 5.78 Å². The van der Waals surface area contributed by atoms with Crippen molar-refractivity contribution in [3.05, 3.63) is 28.2 Å². The van der Waals surface area contributed by atoms with Crippen LogP contribution in [-0.2, 0) is 15.2 Å². The number of hydrogen-bond acceptors (Lipinski definition) is 3. The highest BCUT2D eigenvalue weighted by atomic mass is 79.9. The third-order valence-electron chi connectivity index (χ3n) is 3.73. The van der Waals surface area contributed by atoms with Crippen LogP contribution in [0, 0.1) is 5.92 Å². The van der Waals surface area contributed by atoms with E-state index >= 15 is 0 Å². The van der Waals surface area contributed by atoms with E-state index in [1.807, 2.05) is 12.1 Å². The summed E-state index contributed by atoms with van der Waals surface area (Å²) < 4.78 is 0.779. The molecule has 1 aliphatic heterocycles. The Bertz CT molecular complexity index is 585. The van der Waals surface area contributed by atoms with Gasteiger partial charge in [0.2, 0.25) is 0 Å². The molecule has 0 aliphatic carbocycles. The average Bonchev–Trinajstić information content (AvgIpc) is 2.56. The second kappa shape index (κ2) is 5.89. The van der Waals surface area contributed by atoms with Crippen molar-refractivity contribution in [1.29, 1.82) is 0 Å². The fourth-order valence-corrected chi connectivity index (χ4v) is 3.02. The van der Waals surface area contributed by atoms with Crippen molar-refractivity contribution in [3.63, 3.8) is 0 Å². The molecule has 0 fully saturated rings. The summed E-state index contributed by atoms with van der Waals surface area (Å²) in [6.07, 6.45) is 0.658. The summed E-state index contributed by atoms with van der Waals surface area (Å²) in [6, 6.07) is 5.38. The van der Waals surface area contributed by atoms with Gasteiger partial charge < -0.3 is 10.0 Å². The van der Waals surface area contributed by atoms with Gasteiger partial charge in [-0.05, 0) is 37.5 Å². The fraction of sp³-hybridized carbons (Fsp3) is 0.500. The van der Waals surface area contributed by atoms with E-state index < -0.39 is 11.5 Å². The maximum absolute atomic E-state index is 12.7. The lowest BCUT2D eigenvalue weighted by molar-refractivity contribution is -0.141. The zero-order chi connectivity index (χ0) is 15.8. The van der Waals surface area contributed by atoms with E-state index in [1.165, 1.54) is 6.92 Å². The van der Waals surface area contributed by atoms with Gasteiger partial charge in [0, 0.05) is 23.0 Å². The molecule has 1 atom stereocenters. The van der Waals surface area contributed by atoms with Crippen LogP contribution in [0.3, 0.4) is 0 Å². The lowest BCUT2D eigenvalue weighted by Crippen LogP contribution is -2.42. The van der Waals surface area contributed by atoms with E-state index in [9.17, 15) is 14.7 Å². The number of benzene rings is 1. The van der Waals surface area contributed by atoms with Gasteiger partial charge in [0.15, 0.2) is 5.60 Å². The van der Waals surface area contributed by atoms with Gasteiger partial charge in [-0.1, -0.05) is 29.8 Å². The molecule has 4 nitrogen and oxygen atoms in total. The minimum absolute atomic E-state index is 0.187. The van der Waals surface area contributed by atoms with Crippen LogP contribution in [0.2, 0.25) is 0 Å². The molecule has 1 heterocycles. The Balaban J connectivity index is 2.45. The Morgan fingerprint density at radius 2 is 2.10 bits per heavy atom. The van der Waals surface area contributed by atoms with Crippen LogP contribution in [0.15, 0.2) is 22.7 Å². The minimum atomic E-state index is -1.73. The summed E-state index contributed by atoms with van der Waals surface area (Å²) in [4.78, 5) is 25.7. The highest BCUT2D eigenvalue weighted by Gasteiger charge is 2.50. The highest BCUT2D eigenvalue weighted by Crippen LogP contribution is 2.43. The normalized spacial score (nSPS) is 21.0. The summed E-state index contributed by atoms with van der Waals surface area (Å²) >= 11 is 3.36. The smallest absolute Gasteiger partial charge is 0.264 e. The van der Waals surface area contributed by atoms with E-state index in [1.54, 1.807) is 11.0 Å². The Morgan fingerprint density at radius 3 is 2.67 bits per heavy atom. The number of Topliss-reactive ketones (excluding diaryl/α,β-unsaturated/α-hetero) is 1. The van der Waals surface area contributed by atoms with Crippen LogP contribution in [0.5, 0.6) is 0 Å². The average molecular weight is 354 g/mol. The lowest BCUT2D eigenvalue weighted by Gasteiger charge is -2.22. The molecule has 0 aromatic heterocycles. The van der Waals surface area contributed by atoms with Crippen molar-refractivity contribution in [1.82, 2.24) is 0 Å². The van der Waals surface area contributed by atoms with E-state index in [2.05, 4.69) is 29.8 Å². The van der Waals surface area contributed by atoms with Crippen molar-refractivity contribution in [3.8, 4) is 0 Å². The van der Waals surface area contributed by atoms with E-state index in [0.717, 1.165) is 10.9 Å². The molecule has 1 aromatic rings. The van der Waals surface area contributed by atoms with Gasteiger partial charge in [-0.25, -0.2) is 0 Å². The van der Waals surface area contributed by atoms with Crippen molar-refractivity contribution in [2.75, 3.05) is 11.4 Å². The van der Waals surface area contributed by atoms with Crippen LogP contribution in [0.4, 0.5) is 5.69 Å². The molecular formula is C16H20BrNO3. The van der Waals surface area contributed by atoms with E-state index in [4.69, 9.17) is 0 Å². The summed E-state index contributed by atoms with van der Waals surface area (Å²) in [5.41, 5.74) is -0.518. The number of carbonyl (C=O) groups is 2. The first-order chi connectivity index (χ1) is 9.75. The Labute approximate surface area is 133 Å². The lowest BCUT2D eigenvalue weighted by atomic mass is 9.90. The predicted octanol–water partition coefficient (Wildman–Crippen LogP) is 3.01. The molecule has 1 aliphatic rings. The van der Waals surface area contributed by atoms with Gasteiger partial charge in [-0.15, -0.1) is 0 Å². The number of fused-ring (bicyclic) bond motifs is 1. The first kappa shape index (κ1) is 16.2. The number of carbonyl (C=O) groups excluding carboxylic acids is 2. The van der Waals surface area contributed by atoms with Crippen molar-refractivity contribution < 1.29 is 14.7 Å². The van der Waals surface area contributed by atoms with Crippen LogP contribution < -0.4 is 4.90 Å². The maximum Gasteiger partial charge on any atom is 0.264 e. The van der Waals surface area contributed by atoms with Gasteiger partial charge in [0.25, 0.3) is 5.91 Å². The Morgan fingerprint density at radius 1 is 1.43 bits per heavy atom. The number of ketones is 1. The zero-order valence-corrected chi connectivity index (χ0v) is 14.1. The fourth-order valence-electron chi connectivity index (χ4n) is 2.66. The monoisotopic (exact) mass is 353 g/mol. The summed E-state index contributed by atoms with van der Waals surface area (Å²) in [7, 11) is 0. The number of aliphatic hydroxyl groups is 1. The number of halogens is 1. The van der Waals surface area contributed by atoms with Crippen molar-refractivity contribution in [2.45, 2.75) is 39.2 Å². The topological polar surface area (TPSA) is 57.6 Å². The largest absolute Gasteiger partial charge is 0.375 e. The van der Waals surface area contributed by atoms with Gasteiger partial charge in [-0.3, -0.25) is 9.59 Å². The Kier molecular flexibility index (Phi) is 4.54. The third kappa shape index (κ3) is 3.04. The summed E-state index contributed by atoms with van der Waals surface area (Å²) in [5, 5.41) is 10.8. The van der Waals surface area contributed by atoms with Crippen molar-refractivity contribution in [2.24, 2.45) is 5.92 Å². The number of anilines is 1. The highest BCUT2D eigenvalue weighted by molar-refractivity contribution is 9.10. The molecule has 0 spiro atoms. The SMILES string of the molecule is CC(=O)CC1(O)C(=O)N(CCC(C)C)c2ccc(Br)cc21. The molecule has 0 bridgehead atoms. The second-order valence-corrected chi connectivity index (χ2v) is 6.96. The molecule has 21 heavy (non-hydrogen) atoms. The third-order valence-corrected chi connectivity index (χ3v) is 4.22. The Hall–Kier alpha value is -1.20. The first-order valence-corrected chi connectivity index (χ1v) is 7.89. The molecule has 0 radical (unpaired) electrons. The molecule has 0 saturated heterocycles. The van der Waals surface area contributed by atoms with Crippen LogP contribution in [0.25, 0.3) is 0 Å². The quantitative estimate of drug-likeness (QED) is 0.884. The van der Waals surface area contributed by atoms with Gasteiger partial charge >= 0.3 is 0 Å². The molecular weight excluding hydrogens is 334 g/mol. The number of nitrogens with zero attached hydrogens (tertiary/aromatic N) is 1. The number of rotatable bonds is 5. The van der Waals surface area contributed by atoms with Gasteiger partial charge in [0.05, 0.1) is 5.69 Å². The number of hydrogen-bond donors (Lipinski definition) is 1. The molecule has 2 rings (SSSR count). The molecule has 1 amide bonds. The molecule has 1 unspecified atom stereocenters. The van der Waals surface area contributed by atoms with E-state index in [-0.39, 0.29) is 12.2 Å².